The van der Waals surface area contributed by atoms with E-state index in [9.17, 15) is 27.6 Å². The summed E-state index contributed by atoms with van der Waals surface area (Å²) in [5.41, 5.74) is 1.78. The van der Waals surface area contributed by atoms with Crippen molar-refractivity contribution < 1.29 is 36.7 Å². The molecule has 184 valence electrons. The molecule has 2 saturated heterocycles. The second-order valence-corrected chi connectivity index (χ2v) is 8.61. The lowest BCUT2D eigenvalue weighted by atomic mass is 10.0. The molecule has 2 fully saturated rings. The Morgan fingerprint density at radius 3 is 2.31 bits per heavy atom. The Kier molecular flexibility index (Phi) is 5.65. The van der Waals surface area contributed by atoms with Gasteiger partial charge in [0, 0.05) is 43.6 Å². The van der Waals surface area contributed by atoms with Gasteiger partial charge < -0.3 is 23.7 Å². The summed E-state index contributed by atoms with van der Waals surface area (Å²) < 4.78 is 50.9. The van der Waals surface area contributed by atoms with Crippen LogP contribution in [-0.4, -0.2) is 59.3 Å². The van der Waals surface area contributed by atoms with Crippen LogP contribution in [0.1, 0.15) is 15.9 Å². The maximum absolute atomic E-state index is 12.9. The number of likely N-dealkylation sites (tertiary alicyclic amines) is 2. The minimum absolute atomic E-state index is 0.0840. The van der Waals surface area contributed by atoms with Crippen molar-refractivity contribution in [2.24, 2.45) is 11.8 Å². The number of ether oxygens (including phenoxy) is 2. The van der Waals surface area contributed by atoms with Crippen LogP contribution in [0.15, 0.2) is 51.7 Å². The number of nitrogens with zero attached hydrogens (tertiary/aromatic N) is 2. The van der Waals surface area contributed by atoms with Gasteiger partial charge in [0.1, 0.15) is 12.4 Å². The molecule has 2 atom stereocenters. The number of aromatic nitrogens is 1. The molecule has 0 aliphatic carbocycles. The summed E-state index contributed by atoms with van der Waals surface area (Å²) in [6, 6.07) is 9.90. The Labute approximate surface area is 196 Å². The molecule has 0 radical (unpaired) electrons. The molecule has 2 aliphatic rings. The number of carbonyl (C=O) groups excluding carboxylic acids is 2. The lowest BCUT2D eigenvalue weighted by Gasteiger charge is -2.21. The molecule has 0 spiro atoms. The number of carbonyl (C=O) groups is 2. The molecule has 0 bridgehead atoms. The number of aromatic amines is 1. The van der Waals surface area contributed by atoms with Crippen molar-refractivity contribution in [3.63, 3.8) is 0 Å². The first-order valence-electron chi connectivity index (χ1n) is 10.8. The van der Waals surface area contributed by atoms with E-state index in [0.717, 1.165) is 12.1 Å². The highest BCUT2D eigenvalue weighted by Gasteiger charge is 2.43. The van der Waals surface area contributed by atoms with Gasteiger partial charge in [-0.3, -0.25) is 9.78 Å². The third-order valence-electron chi connectivity index (χ3n) is 6.22. The fourth-order valence-corrected chi connectivity index (χ4v) is 4.59. The third-order valence-corrected chi connectivity index (χ3v) is 6.22. The highest BCUT2D eigenvalue weighted by Crippen LogP contribution is 2.32. The van der Waals surface area contributed by atoms with Crippen LogP contribution in [0.3, 0.4) is 0 Å². The molecular weight excluding hydrogens is 471 g/mol. The van der Waals surface area contributed by atoms with Crippen LogP contribution < -0.4 is 10.5 Å². The number of alkyl halides is 3. The van der Waals surface area contributed by atoms with E-state index < -0.39 is 18.2 Å². The first-order chi connectivity index (χ1) is 16.6. The smallest absolute Gasteiger partial charge is 0.445 e. The number of amides is 2. The highest BCUT2D eigenvalue weighted by molar-refractivity contribution is 5.97. The largest absolute Gasteiger partial charge is 0.573 e. The average Bonchev–Trinajstić information content (AvgIpc) is 3.48. The number of H-pyrrole nitrogens is 1. The fraction of sp³-hybridized carbons (Fsp3) is 0.348. The number of fused-ring (bicyclic) bond motifs is 2. The average molecular weight is 491 g/mol. The standard InChI is InChI=1S/C23H20F3N3O6/c24-23(25,26)35-17-4-1-13(2-5-17)12-33-22(32)29-10-15-8-28(9-16(15)11-29)20(30)14-3-6-18-19(7-14)34-21(31)27-18/h1-7,15-16H,8-12H2,(H,27,31)/t15-,16-/m1/s1. The Hall–Kier alpha value is -3.96. The second-order valence-electron chi connectivity index (χ2n) is 8.61. The molecule has 2 amide bonds. The van der Waals surface area contributed by atoms with Gasteiger partial charge >= 0.3 is 18.2 Å². The van der Waals surface area contributed by atoms with Gasteiger partial charge in [-0.15, -0.1) is 13.2 Å². The van der Waals surface area contributed by atoms with E-state index in [1.54, 1.807) is 21.9 Å². The highest BCUT2D eigenvalue weighted by atomic mass is 19.4. The maximum atomic E-state index is 12.9. The fourth-order valence-electron chi connectivity index (χ4n) is 4.59. The molecule has 1 aromatic heterocycles. The van der Waals surface area contributed by atoms with Crippen molar-refractivity contribution in [1.82, 2.24) is 14.8 Å². The second kappa shape index (κ2) is 8.67. The van der Waals surface area contributed by atoms with Crippen molar-refractivity contribution in [1.29, 1.82) is 0 Å². The van der Waals surface area contributed by atoms with Gasteiger partial charge in [-0.05, 0) is 35.9 Å². The number of benzene rings is 2. The van der Waals surface area contributed by atoms with Crippen molar-refractivity contribution in [2.45, 2.75) is 13.0 Å². The molecule has 12 heteroatoms. The minimum atomic E-state index is -4.77. The Bertz CT molecular complexity index is 1300. The van der Waals surface area contributed by atoms with Gasteiger partial charge in [0.15, 0.2) is 5.58 Å². The summed E-state index contributed by atoms with van der Waals surface area (Å²) in [5, 5.41) is 0. The van der Waals surface area contributed by atoms with E-state index in [0.29, 0.717) is 48.4 Å². The molecule has 3 aromatic rings. The summed E-state index contributed by atoms with van der Waals surface area (Å²) >= 11 is 0. The van der Waals surface area contributed by atoms with Gasteiger partial charge in [0.05, 0.1) is 5.52 Å². The first kappa shape index (κ1) is 22.8. The molecule has 9 nitrogen and oxygen atoms in total. The minimum Gasteiger partial charge on any atom is -0.445 e. The van der Waals surface area contributed by atoms with Crippen LogP contribution in [-0.2, 0) is 11.3 Å². The summed E-state index contributed by atoms with van der Waals surface area (Å²) in [4.78, 5) is 42.6. The van der Waals surface area contributed by atoms with Crippen LogP contribution in [0.5, 0.6) is 5.75 Å². The molecule has 35 heavy (non-hydrogen) atoms. The van der Waals surface area contributed by atoms with E-state index in [1.165, 1.54) is 18.2 Å². The molecule has 0 saturated carbocycles. The van der Waals surface area contributed by atoms with Crippen LogP contribution in [0.25, 0.3) is 11.1 Å². The molecule has 1 N–H and O–H groups in total. The first-order valence-corrected chi connectivity index (χ1v) is 10.8. The quantitative estimate of drug-likeness (QED) is 0.600. The third kappa shape index (κ3) is 4.96. The van der Waals surface area contributed by atoms with E-state index in [-0.39, 0.29) is 30.1 Å². The van der Waals surface area contributed by atoms with Gasteiger partial charge in [0.2, 0.25) is 0 Å². The number of nitrogens with one attached hydrogen (secondary N) is 1. The molecule has 0 unspecified atom stereocenters. The Balaban J connectivity index is 1.12. The molecule has 3 heterocycles. The van der Waals surface area contributed by atoms with Gasteiger partial charge in [-0.1, -0.05) is 12.1 Å². The maximum Gasteiger partial charge on any atom is 0.573 e. The van der Waals surface area contributed by atoms with E-state index in [1.807, 2.05) is 0 Å². The normalized spacial score (nSPS) is 19.7. The molecule has 5 rings (SSSR count). The van der Waals surface area contributed by atoms with Gasteiger partial charge in [-0.25, -0.2) is 9.59 Å². The van der Waals surface area contributed by atoms with Crippen molar-refractivity contribution in [3.8, 4) is 5.75 Å². The van der Waals surface area contributed by atoms with Crippen LogP contribution >= 0.6 is 0 Å². The molecular formula is C23H20F3N3O6. The topological polar surface area (TPSA) is 105 Å². The molecule has 2 aromatic carbocycles. The van der Waals surface area contributed by atoms with Gasteiger partial charge in [-0.2, -0.15) is 0 Å². The lowest BCUT2D eigenvalue weighted by Crippen LogP contribution is -2.35. The number of hydrogen-bond donors (Lipinski definition) is 1. The SMILES string of the molecule is O=C(OCc1ccc(OC(F)(F)F)cc1)N1C[C@H]2CN(C(=O)c3ccc4[nH]c(=O)oc4c3)C[C@@H]2C1. The monoisotopic (exact) mass is 491 g/mol. The summed E-state index contributed by atoms with van der Waals surface area (Å²) in [6.07, 6.45) is -5.28. The predicted octanol–water partition coefficient (Wildman–Crippen LogP) is 3.36. The van der Waals surface area contributed by atoms with Crippen molar-refractivity contribution >= 4 is 23.1 Å². The zero-order chi connectivity index (χ0) is 24.7. The van der Waals surface area contributed by atoms with Crippen LogP contribution in [0, 0.1) is 11.8 Å². The number of rotatable bonds is 4. The summed E-state index contributed by atoms with van der Waals surface area (Å²) in [6.45, 7) is 1.78. The zero-order valence-electron chi connectivity index (χ0n) is 18.2. The Morgan fingerprint density at radius 2 is 1.66 bits per heavy atom. The van der Waals surface area contributed by atoms with Crippen LogP contribution in [0.4, 0.5) is 18.0 Å². The summed E-state index contributed by atoms with van der Waals surface area (Å²) in [5.74, 6) is -0.882. The van der Waals surface area contributed by atoms with Crippen molar-refractivity contribution in [3.05, 3.63) is 64.1 Å². The van der Waals surface area contributed by atoms with Gasteiger partial charge in [0.25, 0.3) is 5.91 Å². The van der Waals surface area contributed by atoms with Crippen LogP contribution in [0.2, 0.25) is 0 Å². The zero-order valence-corrected chi connectivity index (χ0v) is 18.2. The van der Waals surface area contributed by atoms with E-state index >= 15 is 0 Å². The van der Waals surface area contributed by atoms with E-state index in [4.69, 9.17) is 9.15 Å². The molecule has 2 aliphatic heterocycles. The summed E-state index contributed by atoms with van der Waals surface area (Å²) in [7, 11) is 0. The Morgan fingerprint density at radius 1 is 1.00 bits per heavy atom. The van der Waals surface area contributed by atoms with E-state index in [2.05, 4.69) is 9.72 Å². The number of hydrogen-bond acceptors (Lipinski definition) is 6. The number of oxazole rings is 1. The lowest BCUT2D eigenvalue weighted by molar-refractivity contribution is -0.274. The van der Waals surface area contributed by atoms with Crippen molar-refractivity contribution in [2.75, 3.05) is 26.2 Å². The predicted molar refractivity (Wildman–Crippen MR) is 115 cm³/mol. The number of halogens is 3.